The van der Waals surface area contributed by atoms with Gasteiger partial charge in [-0.1, -0.05) is 32.0 Å². The molecule has 2 atom stereocenters. The molecule has 0 aliphatic heterocycles. The molecule has 1 aromatic rings. The maximum absolute atomic E-state index is 11.9. The summed E-state index contributed by atoms with van der Waals surface area (Å²) in [6, 6.07) is 7.86. The molecule has 0 fully saturated rings. The molecule has 0 radical (unpaired) electrons. The summed E-state index contributed by atoms with van der Waals surface area (Å²) >= 11 is 0. The van der Waals surface area contributed by atoms with Gasteiger partial charge in [-0.25, -0.2) is 0 Å². The Morgan fingerprint density at radius 3 is 2.33 bits per heavy atom. The standard InChI is InChI=1S/C15H23NO2/c1-10(2)12(4)16-15(17)13(5)18-14-9-7-6-8-11(14)3/h6-10,12-13H,1-5H3,(H,16,17)/t12-,13+/m0/s1. The van der Waals surface area contributed by atoms with Crippen molar-refractivity contribution in [1.29, 1.82) is 0 Å². The topological polar surface area (TPSA) is 38.3 Å². The lowest BCUT2D eigenvalue weighted by atomic mass is 10.1. The van der Waals surface area contributed by atoms with Crippen LogP contribution in [0.15, 0.2) is 24.3 Å². The lowest BCUT2D eigenvalue weighted by Crippen LogP contribution is -2.43. The minimum Gasteiger partial charge on any atom is -0.481 e. The molecule has 3 heteroatoms. The van der Waals surface area contributed by atoms with E-state index in [1.165, 1.54) is 0 Å². The number of para-hydroxylation sites is 1. The second kappa shape index (κ2) is 6.43. The summed E-state index contributed by atoms with van der Waals surface area (Å²) in [7, 11) is 0. The van der Waals surface area contributed by atoms with Crippen LogP contribution in [-0.4, -0.2) is 18.1 Å². The summed E-state index contributed by atoms with van der Waals surface area (Å²) in [5, 5.41) is 2.95. The molecule has 0 saturated heterocycles. The maximum Gasteiger partial charge on any atom is 0.260 e. The molecule has 0 bridgehead atoms. The van der Waals surface area contributed by atoms with Gasteiger partial charge in [-0.2, -0.15) is 0 Å². The number of carbonyl (C=O) groups excluding carboxylic acids is 1. The van der Waals surface area contributed by atoms with Gasteiger partial charge in [0.15, 0.2) is 6.10 Å². The Balaban J connectivity index is 2.58. The Bertz CT molecular complexity index is 401. The van der Waals surface area contributed by atoms with Gasteiger partial charge in [0.1, 0.15) is 5.75 Å². The van der Waals surface area contributed by atoms with Gasteiger partial charge in [0, 0.05) is 6.04 Å². The van der Waals surface area contributed by atoms with E-state index in [-0.39, 0.29) is 11.9 Å². The summed E-state index contributed by atoms with van der Waals surface area (Å²) in [6.07, 6.45) is -0.479. The lowest BCUT2D eigenvalue weighted by molar-refractivity contribution is -0.128. The van der Waals surface area contributed by atoms with E-state index in [9.17, 15) is 4.79 Å². The third-order valence-electron chi connectivity index (χ3n) is 3.14. The minimum atomic E-state index is -0.479. The van der Waals surface area contributed by atoms with Crippen LogP contribution in [0.25, 0.3) is 0 Å². The fourth-order valence-corrected chi connectivity index (χ4v) is 1.44. The summed E-state index contributed by atoms with van der Waals surface area (Å²) in [4.78, 5) is 11.9. The van der Waals surface area contributed by atoms with Gasteiger partial charge in [0.2, 0.25) is 0 Å². The van der Waals surface area contributed by atoms with Crippen LogP contribution in [0.4, 0.5) is 0 Å². The monoisotopic (exact) mass is 249 g/mol. The quantitative estimate of drug-likeness (QED) is 0.871. The van der Waals surface area contributed by atoms with Gasteiger partial charge in [-0.05, 0) is 38.3 Å². The highest BCUT2D eigenvalue weighted by Crippen LogP contribution is 2.17. The van der Waals surface area contributed by atoms with Crippen molar-refractivity contribution < 1.29 is 9.53 Å². The van der Waals surface area contributed by atoms with Gasteiger partial charge in [-0.15, -0.1) is 0 Å². The Hall–Kier alpha value is -1.51. The second-order valence-electron chi connectivity index (χ2n) is 5.07. The Morgan fingerprint density at radius 2 is 1.78 bits per heavy atom. The SMILES string of the molecule is Cc1ccccc1O[C@H](C)C(=O)N[C@@H](C)C(C)C. The highest BCUT2D eigenvalue weighted by molar-refractivity contribution is 5.81. The van der Waals surface area contributed by atoms with Crippen molar-refractivity contribution in [2.24, 2.45) is 5.92 Å². The highest BCUT2D eigenvalue weighted by Gasteiger charge is 2.18. The minimum absolute atomic E-state index is 0.0700. The fourth-order valence-electron chi connectivity index (χ4n) is 1.44. The number of ether oxygens (including phenoxy) is 1. The van der Waals surface area contributed by atoms with Crippen LogP contribution in [0.3, 0.4) is 0 Å². The summed E-state index contributed by atoms with van der Waals surface area (Å²) in [6.45, 7) is 9.91. The first-order chi connectivity index (χ1) is 8.41. The normalized spacial score (nSPS) is 14.1. The molecule has 0 aromatic heterocycles. The molecule has 18 heavy (non-hydrogen) atoms. The molecule has 0 aliphatic rings. The van der Waals surface area contributed by atoms with Crippen molar-refractivity contribution in [3.8, 4) is 5.75 Å². The molecule has 1 N–H and O–H groups in total. The Labute approximate surface area is 110 Å². The molecule has 0 aliphatic carbocycles. The molecule has 1 aromatic carbocycles. The smallest absolute Gasteiger partial charge is 0.260 e. The van der Waals surface area contributed by atoms with Gasteiger partial charge in [0.05, 0.1) is 0 Å². The van der Waals surface area contributed by atoms with Gasteiger partial charge in [-0.3, -0.25) is 4.79 Å². The van der Waals surface area contributed by atoms with Crippen molar-refractivity contribution >= 4 is 5.91 Å². The van der Waals surface area contributed by atoms with Crippen LogP contribution < -0.4 is 10.1 Å². The van der Waals surface area contributed by atoms with E-state index >= 15 is 0 Å². The summed E-state index contributed by atoms with van der Waals surface area (Å²) in [5.74, 6) is 1.11. The van der Waals surface area contributed by atoms with Crippen LogP contribution in [0.5, 0.6) is 5.75 Å². The van der Waals surface area contributed by atoms with Crippen LogP contribution in [-0.2, 0) is 4.79 Å². The van der Waals surface area contributed by atoms with Crippen molar-refractivity contribution in [2.75, 3.05) is 0 Å². The van der Waals surface area contributed by atoms with Crippen molar-refractivity contribution in [1.82, 2.24) is 5.32 Å². The molecule has 0 unspecified atom stereocenters. The number of hydrogen-bond acceptors (Lipinski definition) is 2. The van der Waals surface area contributed by atoms with Crippen LogP contribution in [0.1, 0.15) is 33.3 Å². The zero-order valence-electron chi connectivity index (χ0n) is 11.9. The van der Waals surface area contributed by atoms with Gasteiger partial charge >= 0.3 is 0 Å². The second-order valence-corrected chi connectivity index (χ2v) is 5.07. The Kier molecular flexibility index (Phi) is 5.20. The molecule has 0 saturated carbocycles. The number of benzene rings is 1. The molecule has 0 spiro atoms. The van der Waals surface area contributed by atoms with Crippen LogP contribution in [0.2, 0.25) is 0 Å². The average Bonchev–Trinajstić information content (AvgIpc) is 2.31. The van der Waals surface area contributed by atoms with E-state index < -0.39 is 6.10 Å². The van der Waals surface area contributed by atoms with E-state index in [2.05, 4.69) is 19.2 Å². The first-order valence-corrected chi connectivity index (χ1v) is 6.44. The molecular weight excluding hydrogens is 226 g/mol. The average molecular weight is 249 g/mol. The summed E-state index contributed by atoms with van der Waals surface area (Å²) in [5.41, 5.74) is 1.04. The Morgan fingerprint density at radius 1 is 1.17 bits per heavy atom. The predicted molar refractivity (Wildman–Crippen MR) is 73.7 cm³/mol. The molecule has 100 valence electrons. The number of nitrogens with one attached hydrogen (secondary N) is 1. The number of amides is 1. The zero-order chi connectivity index (χ0) is 13.7. The fraction of sp³-hybridized carbons (Fsp3) is 0.533. The first kappa shape index (κ1) is 14.6. The molecular formula is C15H23NO2. The molecule has 3 nitrogen and oxygen atoms in total. The first-order valence-electron chi connectivity index (χ1n) is 6.44. The van der Waals surface area contributed by atoms with E-state index in [1.807, 2.05) is 38.1 Å². The third kappa shape index (κ3) is 4.06. The number of rotatable bonds is 5. The van der Waals surface area contributed by atoms with E-state index in [0.29, 0.717) is 5.92 Å². The van der Waals surface area contributed by atoms with E-state index in [4.69, 9.17) is 4.74 Å². The van der Waals surface area contributed by atoms with Crippen LogP contribution in [0, 0.1) is 12.8 Å². The van der Waals surface area contributed by atoms with Gasteiger partial charge < -0.3 is 10.1 Å². The van der Waals surface area contributed by atoms with Crippen molar-refractivity contribution in [3.63, 3.8) is 0 Å². The van der Waals surface area contributed by atoms with Crippen molar-refractivity contribution in [3.05, 3.63) is 29.8 Å². The lowest BCUT2D eigenvalue weighted by Gasteiger charge is -2.21. The number of carbonyl (C=O) groups is 1. The molecule has 0 heterocycles. The largest absolute Gasteiger partial charge is 0.481 e. The van der Waals surface area contributed by atoms with E-state index in [1.54, 1.807) is 6.92 Å². The number of hydrogen-bond donors (Lipinski definition) is 1. The molecule has 1 amide bonds. The van der Waals surface area contributed by atoms with E-state index in [0.717, 1.165) is 11.3 Å². The van der Waals surface area contributed by atoms with Crippen LogP contribution >= 0.6 is 0 Å². The zero-order valence-corrected chi connectivity index (χ0v) is 11.9. The third-order valence-corrected chi connectivity index (χ3v) is 3.14. The number of aryl methyl sites for hydroxylation is 1. The highest BCUT2D eigenvalue weighted by atomic mass is 16.5. The maximum atomic E-state index is 11.9. The predicted octanol–water partition coefficient (Wildman–Crippen LogP) is 2.92. The van der Waals surface area contributed by atoms with Crippen molar-refractivity contribution in [2.45, 2.75) is 46.8 Å². The summed E-state index contributed by atoms with van der Waals surface area (Å²) < 4.78 is 5.68. The molecule has 1 rings (SSSR count). The van der Waals surface area contributed by atoms with Gasteiger partial charge in [0.25, 0.3) is 5.91 Å².